The van der Waals surface area contributed by atoms with Crippen LogP contribution >= 0.6 is 0 Å². The van der Waals surface area contributed by atoms with Gasteiger partial charge in [-0.3, -0.25) is 4.79 Å². The molecule has 1 heterocycles. The summed E-state index contributed by atoms with van der Waals surface area (Å²) in [5.74, 6) is -3.82. The molecular formula is C11H5F5N2O. The predicted octanol–water partition coefficient (Wildman–Crippen LogP) is 2.73. The molecule has 1 aromatic heterocycles. The number of H-pyrrole nitrogens is 1. The Morgan fingerprint density at radius 3 is 2.21 bits per heavy atom. The number of nitrogens with one attached hydrogen (secondary N) is 1. The molecule has 1 N–H and O–H groups in total. The fourth-order valence-electron chi connectivity index (χ4n) is 1.46. The number of aromatic amines is 1. The number of hydrogen-bond donors (Lipinski definition) is 1. The van der Waals surface area contributed by atoms with E-state index in [0.29, 0.717) is 6.07 Å². The summed E-state index contributed by atoms with van der Waals surface area (Å²) in [5.41, 5.74) is -2.65. The molecule has 2 aromatic rings. The van der Waals surface area contributed by atoms with Crippen LogP contribution in [0.2, 0.25) is 0 Å². The Labute approximate surface area is 102 Å². The van der Waals surface area contributed by atoms with E-state index in [1.54, 1.807) is 0 Å². The summed E-state index contributed by atoms with van der Waals surface area (Å²) < 4.78 is 64.2. The van der Waals surface area contributed by atoms with Crippen molar-refractivity contribution < 1.29 is 22.0 Å². The minimum absolute atomic E-state index is 0.594. The van der Waals surface area contributed by atoms with Gasteiger partial charge in [-0.1, -0.05) is 6.07 Å². The molecule has 8 heteroatoms. The third kappa shape index (κ3) is 2.61. The van der Waals surface area contributed by atoms with Gasteiger partial charge < -0.3 is 4.98 Å². The van der Waals surface area contributed by atoms with E-state index in [1.807, 2.05) is 0 Å². The Kier molecular flexibility index (Phi) is 3.09. The van der Waals surface area contributed by atoms with E-state index >= 15 is 0 Å². The largest absolute Gasteiger partial charge is 0.449 e. The van der Waals surface area contributed by atoms with Gasteiger partial charge in [0.25, 0.3) is 5.56 Å². The minimum atomic E-state index is -4.92. The first-order chi connectivity index (χ1) is 8.79. The molecule has 0 fully saturated rings. The lowest BCUT2D eigenvalue weighted by Gasteiger charge is -2.08. The van der Waals surface area contributed by atoms with E-state index in [4.69, 9.17) is 0 Å². The molecule has 0 radical (unpaired) electrons. The van der Waals surface area contributed by atoms with Crippen molar-refractivity contribution >= 4 is 0 Å². The molecule has 0 bridgehead atoms. The summed E-state index contributed by atoms with van der Waals surface area (Å²) in [6.45, 7) is 0. The molecule has 2 rings (SSSR count). The van der Waals surface area contributed by atoms with Gasteiger partial charge in [0, 0.05) is 6.07 Å². The summed E-state index contributed by atoms with van der Waals surface area (Å²) in [6, 6.07) is 3.35. The van der Waals surface area contributed by atoms with Crippen LogP contribution in [0.4, 0.5) is 22.0 Å². The molecule has 100 valence electrons. The molecule has 0 saturated carbocycles. The number of rotatable bonds is 1. The van der Waals surface area contributed by atoms with Crippen LogP contribution < -0.4 is 5.56 Å². The van der Waals surface area contributed by atoms with Gasteiger partial charge >= 0.3 is 6.18 Å². The normalized spacial score (nSPS) is 11.6. The average Bonchev–Trinajstić information content (AvgIpc) is 2.26. The van der Waals surface area contributed by atoms with Gasteiger partial charge in [-0.05, 0) is 12.1 Å². The summed E-state index contributed by atoms with van der Waals surface area (Å²) in [6.07, 6.45) is -4.92. The number of halogens is 5. The van der Waals surface area contributed by atoms with Gasteiger partial charge in [0.15, 0.2) is 0 Å². The van der Waals surface area contributed by atoms with Crippen molar-refractivity contribution in [3.8, 4) is 11.3 Å². The zero-order valence-electron chi connectivity index (χ0n) is 9.05. The van der Waals surface area contributed by atoms with Crippen LogP contribution in [-0.2, 0) is 6.18 Å². The molecule has 3 nitrogen and oxygen atoms in total. The second kappa shape index (κ2) is 4.45. The Hall–Kier alpha value is -2.25. The Morgan fingerprint density at radius 2 is 1.68 bits per heavy atom. The smallest absolute Gasteiger partial charge is 0.303 e. The highest BCUT2D eigenvalue weighted by Crippen LogP contribution is 2.28. The second-order valence-corrected chi connectivity index (χ2v) is 3.57. The van der Waals surface area contributed by atoms with Crippen molar-refractivity contribution in [3.63, 3.8) is 0 Å². The summed E-state index contributed by atoms with van der Waals surface area (Å²) in [4.78, 5) is 15.6. The zero-order valence-corrected chi connectivity index (χ0v) is 9.05. The zero-order chi connectivity index (χ0) is 14.2. The number of aromatic nitrogens is 2. The molecule has 0 unspecified atom stereocenters. The second-order valence-electron chi connectivity index (χ2n) is 3.57. The maximum atomic E-state index is 13.4. The molecule has 0 aliphatic heterocycles. The molecule has 1 aromatic carbocycles. The van der Waals surface area contributed by atoms with E-state index in [-0.39, 0.29) is 0 Å². The van der Waals surface area contributed by atoms with Crippen LogP contribution in [0.25, 0.3) is 11.3 Å². The van der Waals surface area contributed by atoms with Crippen LogP contribution in [-0.4, -0.2) is 9.97 Å². The predicted molar refractivity (Wildman–Crippen MR) is 55.2 cm³/mol. The Bertz CT molecular complexity index is 657. The quantitative estimate of drug-likeness (QED) is 0.814. The standard InChI is InChI=1S/C11H5F5N2O/c12-5-2-1-3-6(13)9(5)7-4-8(19)18-10(17-7)11(14,15)16/h1-4H,(H,17,18,19). The fourth-order valence-corrected chi connectivity index (χ4v) is 1.46. The number of benzene rings is 1. The lowest BCUT2D eigenvalue weighted by Crippen LogP contribution is -2.19. The van der Waals surface area contributed by atoms with E-state index in [2.05, 4.69) is 4.98 Å². The van der Waals surface area contributed by atoms with E-state index in [1.165, 1.54) is 4.98 Å². The van der Waals surface area contributed by atoms with Gasteiger partial charge in [-0.2, -0.15) is 13.2 Å². The first-order valence-electron chi connectivity index (χ1n) is 4.92. The van der Waals surface area contributed by atoms with Crippen LogP contribution in [0.3, 0.4) is 0 Å². The first kappa shape index (κ1) is 13.2. The highest BCUT2D eigenvalue weighted by molar-refractivity contribution is 5.60. The SMILES string of the molecule is O=c1cc(-c2c(F)cccc2F)nc(C(F)(F)F)[nH]1. The molecule has 19 heavy (non-hydrogen) atoms. The van der Waals surface area contributed by atoms with E-state index < -0.39 is 40.5 Å². The third-order valence-electron chi connectivity index (χ3n) is 2.23. The lowest BCUT2D eigenvalue weighted by atomic mass is 10.1. The first-order valence-corrected chi connectivity index (χ1v) is 4.92. The Balaban J connectivity index is 2.70. The van der Waals surface area contributed by atoms with Crippen molar-refractivity contribution in [3.05, 3.63) is 52.1 Å². The summed E-state index contributed by atoms with van der Waals surface area (Å²) in [7, 11) is 0. The van der Waals surface area contributed by atoms with Gasteiger partial charge in [0.05, 0.1) is 11.3 Å². The lowest BCUT2D eigenvalue weighted by molar-refractivity contribution is -0.145. The molecule has 0 spiro atoms. The highest BCUT2D eigenvalue weighted by Gasteiger charge is 2.34. The minimum Gasteiger partial charge on any atom is -0.303 e. The topological polar surface area (TPSA) is 45.8 Å². The van der Waals surface area contributed by atoms with Gasteiger partial charge in [0.2, 0.25) is 5.82 Å². The maximum absolute atomic E-state index is 13.4. The van der Waals surface area contributed by atoms with Crippen molar-refractivity contribution in [1.82, 2.24) is 9.97 Å². The van der Waals surface area contributed by atoms with E-state index in [9.17, 15) is 26.7 Å². The molecule has 0 saturated heterocycles. The Morgan fingerprint density at radius 1 is 1.11 bits per heavy atom. The summed E-state index contributed by atoms with van der Waals surface area (Å²) in [5, 5.41) is 0. The average molecular weight is 276 g/mol. The van der Waals surface area contributed by atoms with Crippen LogP contribution in [0.5, 0.6) is 0 Å². The van der Waals surface area contributed by atoms with Gasteiger partial charge in [0.1, 0.15) is 11.6 Å². The molecule has 0 aliphatic rings. The highest BCUT2D eigenvalue weighted by atomic mass is 19.4. The molecule has 0 atom stereocenters. The van der Waals surface area contributed by atoms with Crippen molar-refractivity contribution in [2.45, 2.75) is 6.18 Å². The molecule has 0 aliphatic carbocycles. The number of nitrogens with zero attached hydrogens (tertiary/aromatic N) is 1. The maximum Gasteiger partial charge on any atom is 0.449 e. The summed E-state index contributed by atoms with van der Waals surface area (Å²) >= 11 is 0. The number of alkyl halides is 3. The van der Waals surface area contributed by atoms with Crippen molar-refractivity contribution in [2.24, 2.45) is 0 Å². The van der Waals surface area contributed by atoms with E-state index in [0.717, 1.165) is 18.2 Å². The van der Waals surface area contributed by atoms with Crippen LogP contribution in [0.15, 0.2) is 29.1 Å². The number of hydrogen-bond acceptors (Lipinski definition) is 2. The van der Waals surface area contributed by atoms with Gasteiger partial charge in [-0.15, -0.1) is 0 Å². The van der Waals surface area contributed by atoms with Gasteiger partial charge in [-0.25, -0.2) is 13.8 Å². The third-order valence-corrected chi connectivity index (χ3v) is 2.23. The molecule has 0 amide bonds. The molecular weight excluding hydrogens is 271 g/mol. The van der Waals surface area contributed by atoms with Crippen molar-refractivity contribution in [2.75, 3.05) is 0 Å². The van der Waals surface area contributed by atoms with Crippen LogP contribution in [0, 0.1) is 11.6 Å². The monoisotopic (exact) mass is 276 g/mol. The van der Waals surface area contributed by atoms with Crippen molar-refractivity contribution in [1.29, 1.82) is 0 Å². The fraction of sp³-hybridized carbons (Fsp3) is 0.0909. The van der Waals surface area contributed by atoms with Crippen LogP contribution in [0.1, 0.15) is 5.82 Å².